The zero-order valence-corrected chi connectivity index (χ0v) is 6.14. The second kappa shape index (κ2) is 2.62. The third-order valence-corrected chi connectivity index (χ3v) is 1.66. The normalized spacial score (nSPS) is 22.9. The van der Waals surface area contributed by atoms with Gasteiger partial charge in [-0.15, -0.1) is 0 Å². The van der Waals surface area contributed by atoms with E-state index in [-0.39, 0.29) is 0 Å². The molecule has 2 rings (SSSR count). The van der Waals surface area contributed by atoms with E-state index in [4.69, 9.17) is 0 Å². The van der Waals surface area contributed by atoms with Crippen LogP contribution in [-0.4, -0.2) is 4.57 Å². The lowest BCUT2D eigenvalue weighted by atomic mass is 10.3. The molecule has 0 spiro atoms. The highest BCUT2D eigenvalue weighted by molar-refractivity contribution is 5.53. The van der Waals surface area contributed by atoms with Gasteiger partial charge in [-0.05, 0) is 24.3 Å². The van der Waals surface area contributed by atoms with Gasteiger partial charge in [0.2, 0.25) is 0 Å². The molecule has 1 aromatic rings. The smallest absolute Gasteiger partial charge is 0.0449 e. The molecule has 1 heteroatoms. The second-order valence-corrected chi connectivity index (χ2v) is 2.43. The molecule has 0 unspecified atom stereocenters. The monoisotopic (exact) mass is 143 g/mol. The van der Waals surface area contributed by atoms with Gasteiger partial charge in [-0.1, -0.05) is 18.2 Å². The van der Waals surface area contributed by atoms with E-state index in [0.29, 0.717) is 0 Å². The molecular formula is C10H9N. The quantitative estimate of drug-likeness (QED) is 0.526. The molecule has 0 aliphatic carbocycles. The molecule has 1 aromatic heterocycles. The third-order valence-electron chi connectivity index (χ3n) is 1.66. The highest BCUT2D eigenvalue weighted by Gasteiger charge is 1.91. The van der Waals surface area contributed by atoms with Crippen molar-refractivity contribution in [2.24, 2.45) is 0 Å². The Balaban J connectivity index is 2.52. The van der Waals surface area contributed by atoms with Crippen LogP contribution in [0.3, 0.4) is 0 Å². The summed E-state index contributed by atoms with van der Waals surface area (Å²) in [6, 6.07) is 4.12. The molecule has 0 saturated carbocycles. The van der Waals surface area contributed by atoms with Crippen LogP contribution in [0.4, 0.5) is 0 Å². The van der Waals surface area contributed by atoms with Crippen molar-refractivity contribution in [2.75, 3.05) is 0 Å². The van der Waals surface area contributed by atoms with Crippen LogP contribution < -0.4 is 0 Å². The van der Waals surface area contributed by atoms with Crippen molar-refractivity contribution in [3.8, 4) is 0 Å². The van der Waals surface area contributed by atoms with Crippen LogP contribution in [0.15, 0.2) is 42.6 Å². The fraction of sp³-hybridized carbons (Fsp3) is 0. The Hall–Kier alpha value is -1.50. The summed E-state index contributed by atoms with van der Waals surface area (Å²) < 4.78 is 2.08. The zero-order valence-electron chi connectivity index (χ0n) is 6.14. The molecular weight excluding hydrogens is 134 g/mol. The minimum atomic E-state index is 1.21. The van der Waals surface area contributed by atoms with Gasteiger partial charge in [-0.2, -0.15) is 0 Å². The zero-order chi connectivity index (χ0) is 7.52. The summed E-state index contributed by atoms with van der Waals surface area (Å²) in [5, 5.41) is 0. The van der Waals surface area contributed by atoms with Crippen molar-refractivity contribution in [3.63, 3.8) is 0 Å². The van der Waals surface area contributed by atoms with Crippen LogP contribution in [0, 0.1) is 0 Å². The molecule has 0 amide bonds. The van der Waals surface area contributed by atoms with Gasteiger partial charge >= 0.3 is 0 Å². The summed E-state index contributed by atoms with van der Waals surface area (Å²) in [4.78, 5) is 0. The van der Waals surface area contributed by atoms with E-state index < -0.39 is 0 Å². The summed E-state index contributed by atoms with van der Waals surface area (Å²) in [7, 11) is 0. The molecule has 0 aromatic carbocycles. The van der Waals surface area contributed by atoms with Gasteiger partial charge in [0.1, 0.15) is 0 Å². The van der Waals surface area contributed by atoms with Crippen molar-refractivity contribution >= 4 is 12.3 Å². The standard InChI is InChI=1S/C10H9N/c1-2-4-8-11-9-5-7-10(11)6-3-1/h1-9H/b2-1-,6-3-,8-4-. The van der Waals surface area contributed by atoms with E-state index in [9.17, 15) is 0 Å². The van der Waals surface area contributed by atoms with E-state index in [0.717, 1.165) is 0 Å². The molecule has 0 N–H and O–H groups in total. The molecule has 1 nitrogen and oxygen atoms in total. The van der Waals surface area contributed by atoms with Crippen LogP contribution in [0.2, 0.25) is 0 Å². The first-order valence-electron chi connectivity index (χ1n) is 3.65. The number of hydrogen-bond acceptors (Lipinski definition) is 0. The van der Waals surface area contributed by atoms with Gasteiger partial charge in [0.15, 0.2) is 0 Å². The maximum Gasteiger partial charge on any atom is 0.0449 e. The molecule has 0 bridgehead atoms. The number of nitrogens with zero attached hydrogens (tertiary/aromatic N) is 1. The van der Waals surface area contributed by atoms with Crippen LogP contribution in [-0.2, 0) is 0 Å². The van der Waals surface area contributed by atoms with Gasteiger partial charge in [0.25, 0.3) is 0 Å². The molecule has 0 saturated heterocycles. The van der Waals surface area contributed by atoms with E-state index in [2.05, 4.69) is 16.7 Å². The van der Waals surface area contributed by atoms with Crippen molar-refractivity contribution < 1.29 is 0 Å². The van der Waals surface area contributed by atoms with Crippen LogP contribution >= 0.6 is 0 Å². The lowest BCUT2D eigenvalue weighted by Crippen LogP contribution is -1.86. The Kier molecular flexibility index (Phi) is 1.48. The minimum absolute atomic E-state index is 1.21. The van der Waals surface area contributed by atoms with E-state index in [1.807, 2.05) is 42.8 Å². The Morgan fingerprint density at radius 1 is 1.00 bits per heavy atom. The average Bonchev–Trinajstić information content (AvgIpc) is 2.35. The molecule has 0 radical (unpaired) electrons. The second-order valence-electron chi connectivity index (χ2n) is 2.43. The molecule has 1 aliphatic rings. The summed E-state index contributed by atoms with van der Waals surface area (Å²) in [6.45, 7) is 0. The van der Waals surface area contributed by atoms with Gasteiger partial charge < -0.3 is 4.57 Å². The highest BCUT2D eigenvalue weighted by atomic mass is 14.9. The fourth-order valence-corrected chi connectivity index (χ4v) is 1.11. The molecule has 0 atom stereocenters. The van der Waals surface area contributed by atoms with E-state index >= 15 is 0 Å². The maximum absolute atomic E-state index is 2.08. The number of rotatable bonds is 0. The van der Waals surface area contributed by atoms with Crippen LogP contribution in [0.25, 0.3) is 12.3 Å². The molecule has 54 valence electrons. The van der Waals surface area contributed by atoms with Gasteiger partial charge in [-0.3, -0.25) is 0 Å². The SMILES string of the molecule is C1=C\C=C/n2cccc2\C=C/1. The molecule has 0 fully saturated rings. The Morgan fingerprint density at radius 2 is 1.91 bits per heavy atom. The number of hydrogen-bond donors (Lipinski definition) is 0. The number of aromatic nitrogens is 1. The summed E-state index contributed by atoms with van der Waals surface area (Å²) >= 11 is 0. The maximum atomic E-state index is 2.08. The van der Waals surface area contributed by atoms with Crippen molar-refractivity contribution in [1.82, 2.24) is 4.57 Å². The van der Waals surface area contributed by atoms with Gasteiger partial charge in [0, 0.05) is 18.1 Å². The minimum Gasteiger partial charge on any atom is -0.324 e. The summed E-state index contributed by atoms with van der Waals surface area (Å²) in [6.07, 6.45) is 14.2. The first kappa shape index (κ1) is 6.23. The fourth-order valence-electron chi connectivity index (χ4n) is 1.11. The Labute approximate surface area is 66.0 Å². The Bertz CT molecular complexity index is 296. The topological polar surface area (TPSA) is 4.93 Å². The van der Waals surface area contributed by atoms with Crippen molar-refractivity contribution in [2.45, 2.75) is 0 Å². The largest absolute Gasteiger partial charge is 0.324 e. The van der Waals surface area contributed by atoms with Crippen LogP contribution in [0.5, 0.6) is 0 Å². The van der Waals surface area contributed by atoms with E-state index in [1.54, 1.807) is 0 Å². The number of allylic oxidation sites excluding steroid dienone is 4. The predicted octanol–water partition coefficient (Wildman–Crippen LogP) is 2.54. The lowest BCUT2D eigenvalue weighted by Gasteiger charge is -1.98. The molecule has 1 aliphatic heterocycles. The Morgan fingerprint density at radius 3 is 2.91 bits per heavy atom. The number of fused-ring (bicyclic) bond motifs is 1. The average molecular weight is 143 g/mol. The highest BCUT2D eigenvalue weighted by Crippen LogP contribution is 2.07. The predicted molar refractivity (Wildman–Crippen MR) is 47.9 cm³/mol. The third kappa shape index (κ3) is 1.17. The molecule has 11 heavy (non-hydrogen) atoms. The first-order chi connectivity index (χ1) is 5.47. The summed E-state index contributed by atoms with van der Waals surface area (Å²) in [5.41, 5.74) is 1.21. The van der Waals surface area contributed by atoms with E-state index in [1.165, 1.54) is 5.69 Å². The molecule has 2 heterocycles. The van der Waals surface area contributed by atoms with Gasteiger partial charge in [0.05, 0.1) is 0 Å². The van der Waals surface area contributed by atoms with Gasteiger partial charge in [-0.25, -0.2) is 0 Å². The van der Waals surface area contributed by atoms with Crippen molar-refractivity contribution in [3.05, 3.63) is 48.3 Å². The first-order valence-corrected chi connectivity index (χ1v) is 3.65. The van der Waals surface area contributed by atoms with Crippen LogP contribution in [0.1, 0.15) is 5.69 Å². The van der Waals surface area contributed by atoms with Crippen molar-refractivity contribution in [1.29, 1.82) is 0 Å². The lowest BCUT2D eigenvalue weighted by molar-refractivity contribution is 1.15. The summed E-state index contributed by atoms with van der Waals surface area (Å²) in [5.74, 6) is 0.